The summed E-state index contributed by atoms with van der Waals surface area (Å²) in [6.45, 7) is 5.45. The molecule has 0 saturated heterocycles. The highest BCUT2D eigenvalue weighted by Gasteiger charge is 2.22. The lowest BCUT2D eigenvalue weighted by molar-refractivity contribution is 0.334. The van der Waals surface area contributed by atoms with Crippen LogP contribution in [0.25, 0.3) is 0 Å². The summed E-state index contributed by atoms with van der Waals surface area (Å²) in [4.78, 5) is 0. The predicted octanol–water partition coefficient (Wildman–Crippen LogP) is 4.46. The summed E-state index contributed by atoms with van der Waals surface area (Å²) in [6, 6.07) is 4.72. The van der Waals surface area contributed by atoms with Crippen molar-refractivity contribution in [3.05, 3.63) is 23.7 Å². The molecule has 1 heterocycles. The van der Waals surface area contributed by atoms with Gasteiger partial charge >= 0.3 is 0 Å². The lowest BCUT2D eigenvalue weighted by atomic mass is 9.97. The topological polar surface area (TPSA) is 25.2 Å². The van der Waals surface area contributed by atoms with Crippen LogP contribution in [-0.2, 0) is 6.42 Å². The van der Waals surface area contributed by atoms with Crippen molar-refractivity contribution in [2.45, 2.75) is 64.8 Å². The van der Waals surface area contributed by atoms with E-state index in [4.69, 9.17) is 4.42 Å². The van der Waals surface area contributed by atoms with E-state index in [-0.39, 0.29) is 0 Å². The van der Waals surface area contributed by atoms with E-state index >= 15 is 0 Å². The van der Waals surface area contributed by atoms with Crippen molar-refractivity contribution >= 4 is 0 Å². The SMILES string of the molecule is CCCNC(CC1CCCC1)c1ccc(CC)o1. The Morgan fingerprint density at radius 3 is 2.67 bits per heavy atom. The second-order valence-electron chi connectivity index (χ2n) is 5.55. The second-order valence-corrected chi connectivity index (χ2v) is 5.55. The molecule has 18 heavy (non-hydrogen) atoms. The smallest absolute Gasteiger partial charge is 0.121 e. The van der Waals surface area contributed by atoms with E-state index in [1.54, 1.807) is 0 Å². The normalized spacial score (nSPS) is 18.3. The summed E-state index contributed by atoms with van der Waals surface area (Å²) >= 11 is 0. The van der Waals surface area contributed by atoms with Crippen LogP contribution in [0, 0.1) is 5.92 Å². The van der Waals surface area contributed by atoms with Crippen LogP contribution in [0.3, 0.4) is 0 Å². The summed E-state index contributed by atoms with van der Waals surface area (Å²) in [6.07, 6.45) is 9.08. The maximum atomic E-state index is 5.94. The van der Waals surface area contributed by atoms with E-state index in [1.165, 1.54) is 38.5 Å². The molecule has 1 unspecified atom stereocenters. The standard InChI is InChI=1S/C16H27NO/c1-3-11-17-15(12-13-7-5-6-8-13)16-10-9-14(4-2)18-16/h9-10,13,15,17H,3-8,11-12H2,1-2H3. The van der Waals surface area contributed by atoms with Gasteiger partial charge in [-0.05, 0) is 37.4 Å². The summed E-state index contributed by atoms with van der Waals surface area (Å²) in [5, 5.41) is 3.66. The number of nitrogens with one attached hydrogen (secondary N) is 1. The van der Waals surface area contributed by atoms with Gasteiger partial charge in [0.25, 0.3) is 0 Å². The van der Waals surface area contributed by atoms with E-state index < -0.39 is 0 Å². The molecule has 2 nitrogen and oxygen atoms in total. The van der Waals surface area contributed by atoms with Crippen LogP contribution < -0.4 is 5.32 Å². The molecule has 1 atom stereocenters. The molecular weight excluding hydrogens is 222 g/mol. The van der Waals surface area contributed by atoms with Crippen LogP contribution in [0.5, 0.6) is 0 Å². The van der Waals surface area contributed by atoms with Crippen molar-refractivity contribution in [3.8, 4) is 0 Å². The third-order valence-electron chi connectivity index (χ3n) is 4.06. The fourth-order valence-corrected chi connectivity index (χ4v) is 2.97. The molecule has 0 radical (unpaired) electrons. The molecular formula is C16H27NO. The lowest BCUT2D eigenvalue weighted by Crippen LogP contribution is -2.23. The van der Waals surface area contributed by atoms with Crippen molar-refractivity contribution in [1.82, 2.24) is 5.32 Å². The molecule has 0 spiro atoms. The Morgan fingerprint density at radius 2 is 2.06 bits per heavy atom. The predicted molar refractivity (Wildman–Crippen MR) is 75.7 cm³/mol. The quantitative estimate of drug-likeness (QED) is 0.771. The largest absolute Gasteiger partial charge is 0.464 e. The van der Waals surface area contributed by atoms with Crippen molar-refractivity contribution < 1.29 is 4.42 Å². The monoisotopic (exact) mass is 249 g/mol. The van der Waals surface area contributed by atoms with Crippen LogP contribution >= 0.6 is 0 Å². The number of furan rings is 1. The minimum atomic E-state index is 0.424. The highest BCUT2D eigenvalue weighted by molar-refractivity contribution is 5.11. The van der Waals surface area contributed by atoms with E-state index in [0.29, 0.717) is 6.04 Å². The lowest BCUT2D eigenvalue weighted by Gasteiger charge is -2.20. The third-order valence-corrected chi connectivity index (χ3v) is 4.06. The molecule has 102 valence electrons. The van der Waals surface area contributed by atoms with Gasteiger partial charge in [0.15, 0.2) is 0 Å². The van der Waals surface area contributed by atoms with Gasteiger partial charge in [-0.1, -0.05) is 39.5 Å². The Labute approximate surface area is 111 Å². The first-order valence-electron chi connectivity index (χ1n) is 7.65. The van der Waals surface area contributed by atoms with Gasteiger partial charge in [0, 0.05) is 6.42 Å². The van der Waals surface area contributed by atoms with Crippen LogP contribution in [0.4, 0.5) is 0 Å². The zero-order valence-corrected chi connectivity index (χ0v) is 11.9. The number of aryl methyl sites for hydroxylation is 1. The minimum absolute atomic E-state index is 0.424. The zero-order chi connectivity index (χ0) is 12.8. The average Bonchev–Trinajstić information content (AvgIpc) is 3.05. The van der Waals surface area contributed by atoms with Crippen molar-refractivity contribution in [3.63, 3.8) is 0 Å². The van der Waals surface area contributed by atoms with Crippen LogP contribution in [-0.4, -0.2) is 6.54 Å². The van der Waals surface area contributed by atoms with Crippen molar-refractivity contribution in [1.29, 1.82) is 0 Å². The van der Waals surface area contributed by atoms with Gasteiger partial charge < -0.3 is 9.73 Å². The third kappa shape index (κ3) is 3.61. The molecule has 1 aliphatic carbocycles. The number of rotatable bonds is 7. The summed E-state index contributed by atoms with van der Waals surface area (Å²) in [5.41, 5.74) is 0. The first-order valence-corrected chi connectivity index (χ1v) is 7.65. The molecule has 1 saturated carbocycles. The summed E-state index contributed by atoms with van der Waals surface area (Å²) in [7, 11) is 0. The Balaban J connectivity index is 1.98. The zero-order valence-electron chi connectivity index (χ0n) is 11.9. The first kappa shape index (κ1) is 13.7. The van der Waals surface area contributed by atoms with E-state index in [2.05, 4.69) is 31.3 Å². The molecule has 1 aliphatic rings. The van der Waals surface area contributed by atoms with Gasteiger partial charge in [-0.3, -0.25) is 0 Å². The van der Waals surface area contributed by atoms with Gasteiger partial charge in [0.05, 0.1) is 6.04 Å². The Morgan fingerprint density at radius 1 is 1.28 bits per heavy atom. The molecule has 0 aliphatic heterocycles. The fourth-order valence-electron chi connectivity index (χ4n) is 2.97. The molecule has 1 N–H and O–H groups in total. The van der Waals surface area contributed by atoms with Gasteiger partial charge in [0.1, 0.15) is 11.5 Å². The molecule has 0 amide bonds. The average molecular weight is 249 g/mol. The summed E-state index contributed by atoms with van der Waals surface area (Å²) in [5.74, 6) is 3.15. The van der Waals surface area contributed by atoms with Gasteiger partial charge in [-0.25, -0.2) is 0 Å². The molecule has 1 aromatic rings. The highest BCUT2D eigenvalue weighted by atomic mass is 16.3. The van der Waals surface area contributed by atoms with Crippen LogP contribution in [0.15, 0.2) is 16.5 Å². The molecule has 2 heteroatoms. The Hall–Kier alpha value is -0.760. The van der Waals surface area contributed by atoms with Gasteiger partial charge in [-0.15, -0.1) is 0 Å². The molecule has 0 bridgehead atoms. The maximum absolute atomic E-state index is 5.94. The van der Waals surface area contributed by atoms with Gasteiger partial charge in [-0.2, -0.15) is 0 Å². The maximum Gasteiger partial charge on any atom is 0.121 e. The fraction of sp³-hybridized carbons (Fsp3) is 0.750. The first-order chi connectivity index (χ1) is 8.83. The number of hydrogen-bond acceptors (Lipinski definition) is 2. The Bertz CT molecular complexity index is 339. The van der Waals surface area contributed by atoms with Gasteiger partial charge in [0.2, 0.25) is 0 Å². The Kier molecular flexibility index (Phi) is 5.30. The second kappa shape index (κ2) is 6.98. The minimum Gasteiger partial charge on any atom is -0.464 e. The molecule has 1 fully saturated rings. The van der Waals surface area contributed by atoms with Crippen LogP contribution in [0.2, 0.25) is 0 Å². The summed E-state index contributed by atoms with van der Waals surface area (Å²) < 4.78 is 5.94. The molecule has 0 aromatic carbocycles. The molecule has 2 rings (SSSR count). The number of hydrogen-bond donors (Lipinski definition) is 1. The van der Waals surface area contributed by atoms with E-state index in [0.717, 1.165) is 30.4 Å². The highest BCUT2D eigenvalue weighted by Crippen LogP contribution is 2.33. The molecule has 1 aromatic heterocycles. The van der Waals surface area contributed by atoms with E-state index in [1.807, 2.05) is 0 Å². The van der Waals surface area contributed by atoms with Crippen LogP contribution in [0.1, 0.15) is 69.9 Å². The van der Waals surface area contributed by atoms with Crippen molar-refractivity contribution in [2.24, 2.45) is 5.92 Å². The van der Waals surface area contributed by atoms with E-state index in [9.17, 15) is 0 Å². The van der Waals surface area contributed by atoms with Crippen molar-refractivity contribution in [2.75, 3.05) is 6.54 Å².